The number of carbonyl (C=O) groups is 1. The number of unbranched alkanes of at least 4 members (excludes halogenated alkanes) is 1. The fourth-order valence-corrected chi connectivity index (χ4v) is 2.03. The van der Waals surface area contributed by atoms with Crippen LogP contribution in [0.1, 0.15) is 32.6 Å². The Morgan fingerprint density at radius 3 is 2.85 bits per heavy atom. The molecule has 0 saturated carbocycles. The highest BCUT2D eigenvalue weighted by atomic mass is 16.5. The monoisotopic (exact) mass is 278 g/mol. The Kier molecular flexibility index (Phi) is 5.24. The van der Waals surface area contributed by atoms with E-state index in [9.17, 15) is 4.79 Å². The molecule has 2 rings (SSSR count). The van der Waals surface area contributed by atoms with Gasteiger partial charge < -0.3 is 20.5 Å². The van der Waals surface area contributed by atoms with Crippen LogP contribution in [0, 0.1) is 0 Å². The summed E-state index contributed by atoms with van der Waals surface area (Å²) in [4.78, 5) is 11.9. The Balaban J connectivity index is 1.99. The van der Waals surface area contributed by atoms with E-state index in [4.69, 9.17) is 15.2 Å². The highest BCUT2D eigenvalue weighted by molar-refractivity contribution is 5.94. The molecule has 0 spiro atoms. The number of hydrogen-bond donors (Lipinski definition) is 2. The van der Waals surface area contributed by atoms with Crippen molar-refractivity contribution in [1.82, 2.24) is 0 Å². The minimum Gasteiger partial charge on any atom is -0.490 e. The Labute approximate surface area is 119 Å². The molecule has 0 unspecified atom stereocenters. The van der Waals surface area contributed by atoms with E-state index in [-0.39, 0.29) is 5.91 Å². The van der Waals surface area contributed by atoms with Crippen LogP contribution < -0.4 is 20.5 Å². The summed E-state index contributed by atoms with van der Waals surface area (Å²) >= 11 is 0. The fraction of sp³-hybridized carbons (Fsp3) is 0.533. The van der Waals surface area contributed by atoms with Gasteiger partial charge in [0.1, 0.15) is 0 Å². The van der Waals surface area contributed by atoms with Crippen molar-refractivity contribution in [2.24, 2.45) is 5.73 Å². The lowest BCUT2D eigenvalue weighted by Crippen LogP contribution is -2.35. The second kappa shape index (κ2) is 7.14. The van der Waals surface area contributed by atoms with Crippen LogP contribution in [0.15, 0.2) is 18.2 Å². The van der Waals surface area contributed by atoms with E-state index in [1.54, 1.807) is 12.1 Å². The molecular formula is C15H22N2O3. The number of rotatable bonds is 5. The summed E-state index contributed by atoms with van der Waals surface area (Å²) in [6, 6.07) is 4.93. The van der Waals surface area contributed by atoms with Gasteiger partial charge in [-0.05, 0) is 18.6 Å². The molecule has 0 fully saturated rings. The van der Waals surface area contributed by atoms with E-state index in [1.807, 2.05) is 6.07 Å². The second-order valence-electron chi connectivity index (χ2n) is 4.95. The highest BCUT2D eigenvalue weighted by Gasteiger charge is 2.15. The molecule has 0 saturated heterocycles. The Morgan fingerprint density at radius 2 is 2.10 bits per heavy atom. The van der Waals surface area contributed by atoms with Crippen molar-refractivity contribution in [2.75, 3.05) is 18.5 Å². The van der Waals surface area contributed by atoms with Gasteiger partial charge in [-0.25, -0.2) is 0 Å². The van der Waals surface area contributed by atoms with Crippen molar-refractivity contribution < 1.29 is 14.3 Å². The maximum atomic E-state index is 11.9. The van der Waals surface area contributed by atoms with E-state index in [0.717, 1.165) is 25.0 Å². The molecule has 1 aliphatic heterocycles. The van der Waals surface area contributed by atoms with Crippen LogP contribution in [-0.4, -0.2) is 25.2 Å². The largest absolute Gasteiger partial charge is 0.490 e. The van der Waals surface area contributed by atoms with Crippen LogP contribution in [0.3, 0.4) is 0 Å². The van der Waals surface area contributed by atoms with Gasteiger partial charge in [0.25, 0.3) is 0 Å². The molecule has 0 bridgehead atoms. The normalized spacial score (nSPS) is 15.3. The molecule has 0 radical (unpaired) electrons. The second-order valence-corrected chi connectivity index (χ2v) is 4.95. The molecule has 0 aromatic heterocycles. The van der Waals surface area contributed by atoms with Gasteiger partial charge in [0.2, 0.25) is 5.91 Å². The molecule has 1 aromatic rings. The quantitative estimate of drug-likeness (QED) is 0.866. The van der Waals surface area contributed by atoms with Crippen molar-refractivity contribution in [2.45, 2.75) is 38.6 Å². The van der Waals surface area contributed by atoms with Gasteiger partial charge in [0, 0.05) is 18.2 Å². The van der Waals surface area contributed by atoms with Crippen LogP contribution >= 0.6 is 0 Å². The molecular weight excluding hydrogens is 256 g/mol. The number of ether oxygens (including phenoxy) is 2. The zero-order valence-electron chi connectivity index (χ0n) is 11.9. The van der Waals surface area contributed by atoms with Crippen LogP contribution in [0.25, 0.3) is 0 Å². The number of nitrogens with one attached hydrogen (secondary N) is 1. The molecule has 1 heterocycles. The summed E-state index contributed by atoms with van der Waals surface area (Å²) in [5.41, 5.74) is 6.53. The van der Waals surface area contributed by atoms with Crippen molar-refractivity contribution in [3.63, 3.8) is 0 Å². The van der Waals surface area contributed by atoms with Gasteiger partial charge in [0.15, 0.2) is 11.5 Å². The van der Waals surface area contributed by atoms with Crippen molar-refractivity contribution in [1.29, 1.82) is 0 Å². The van der Waals surface area contributed by atoms with Crippen molar-refractivity contribution in [3.05, 3.63) is 18.2 Å². The lowest BCUT2D eigenvalue weighted by molar-refractivity contribution is -0.117. The molecule has 110 valence electrons. The summed E-state index contributed by atoms with van der Waals surface area (Å²) in [7, 11) is 0. The Bertz CT molecular complexity index is 462. The number of nitrogens with two attached hydrogens (primary N) is 1. The first-order valence-electron chi connectivity index (χ1n) is 7.17. The predicted octanol–water partition coefficient (Wildman–Crippen LogP) is 2.30. The molecule has 1 aliphatic rings. The van der Waals surface area contributed by atoms with Gasteiger partial charge >= 0.3 is 0 Å². The van der Waals surface area contributed by atoms with E-state index >= 15 is 0 Å². The standard InChI is InChI=1S/C15H22N2O3/c1-2-3-5-12(16)15(18)17-11-6-7-13-14(10-11)20-9-4-8-19-13/h6-7,10,12H,2-5,8-9,16H2,1H3,(H,17,18)/t12-/m0/s1. The molecule has 1 aromatic carbocycles. The Hall–Kier alpha value is -1.75. The third-order valence-corrected chi connectivity index (χ3v) is 3.22. The predicted molar refractivity (Wildman–Crippen MR) is 78.2 cm³/mol. The molecule has 1 atom stereocenters. The maximum Gasteiger partial charge on any atom is 0.241 e. The first kappa shape index (κ1) is 14.7. The Morgan fingerprint density at radius 1 is 1.35 bits per heavy atom. The summed E-state index contributed by atoms with van der Waals surface area (Å²) in [5.74, 6) is 1.23. The van der Waals surface area contributed by atoms with Crippen molar-refractivity contribution in [3.8, 4) is 11.5 Å². The zero-order chi connectivity index (χ0) is 14.4. The summed E-state index contributed by atoms with van der Waals surface area (Å²) in [5, 5.41) is 2.82. The minimum atomic E-state index is -0.467. The van der Waals surface area contributed by atoms with E-state index in [0.29, 0.717) is 31.1 Å². The van der Waals surface area contributed by atoms with Gasteiger partial charge in [-0.3, -0.25) is 4.79 Å². The average Bonchev–Trinajstić information content (AvgIpc) is 2.69. The number of carbonyl (C=O) groups excluding carboxylic acids is 1. The maximum absolute atomic E-state index is 11.9. The third kappa shape index (κ3) is 3.87. The number of hydrogen-bond acceptors (Lipinski definition) is 4. The van der Waals surface area contributed by atoms with Gasteiger partial charge in [-0.2, -0.15) is 0 Å². The molecule has 0 aliphatic carbocycles. The topological polar surface area (TPSA) is 73.6 Å². The summed E-state index contributed by atoms with van der Waals surface area (Å²) in [6.45, 7) is 3.36. The molecule has 5 nitrogen and oxygen atoms in total. The van der Waals surface area contributed by atoms with Gasteiger partial charge in [0.05, 0.1) is 19.3 Å². The van der Waals surface area contributed by atoms with Gasteiger partial charge in [-0.15, -0.1) is 0 Å². The fourth-order valence-electron chi connectivity index (χ4n) is 2.03. The molecule has 5 heteroatoms. The first-order valence-corrected chi connectivity index (χ1v) is 7.17. The molecule has 1 amide bonds. The number of anilines is 1. The highest BCUT2D eigenvalue weighted by Crippen LogP contribution is 2.32. The van der Waals surface area contributed by atoms with E-state index in [2.05, 4.69) is 12.2 Å². The number of fused-ring (bicyclic) bond motifs is 1. The van der Waals surface area contributed by atoms with Gasteiger partial charge in [-0.1, -0.05) is 19.8 Å². The SMILES string of the molecule is CCCC[C@H](N)C(=O)Nc1ccc2c(c1)OCCCO2. The number of benzene rings is 1. The van der Waals surface area contributed by atoms with E-state index in [1.165, 1.54) is 0 Å². The summed E-state index contributed by atoms with van der Waals surface area (Å²) in [6.07, 6.45) is 3.55. The zero-order valence-corrected chi connectivity index (χ0v) is 11.9. The number of amides is 1. The summed E-state index contributed by atoms with van der Waals surface area (Å²) < 4.78 is 11.1. The van der Waals surface area contributed by atoms with Crippen LogP contribution in [0.2, 0.25) is 0 Å². The molecule has 20 heavy (non-hydrogen) atoms. The lowest BCUT2D eigenvalue weighted by atomic mass is 10.1. The average molecular weight is 278 g/mol. The van der Waals surface area contributed by atoms with Crippen LogP contribution in [-0.2, 0) is 4.79 Å². The van der Waals surface area contributed by atoms with Crippen LogP contribution in [0.5, 0.6) is 11.5 Å². The molecule has 3 N–H and O–H groups in total. The first-order chi connectivity index (χ1) is 9.70. The third-order valence-electron chi connectivity index (χ3n) is 3.22. The smallest absolute Gasteiger partial charge is 0.241 e. The minimum absolute atomic E-state index is 0.159. The van der Waals surface area contributed by atoms with Crippen LogP contribution in [0.4, 0.5) is 5.69 Å². The van der Waals surface area contributed by atoms with E-state index < -0.39 is 6.04 Å². The lowest BCUT2D eigenvalue weighted by Gasteiger charge is -2.13. The van der Waals surface area contributed by atoms with Crippen molar-refractivity contribution >= 4 is 11.6 Å².